The molecule has 0 atom stereocenters. The van der Waals surface area contributed by atoms with Gasteiger partial charge < -0.3 is 0 Å². The number of ketones is 3. The summed E-state index contributed by atoms with van der Waals surface area (Å²) in [5.74, 6) is -2.41. The quantitative estimate of drug-likeness (QED) is 0.619. The van der Waals surface area contributed by atoms with Gasteiger partial charge in [0.05, 0.1) is 0 Å². The molecule has 2 aromatic carbocycles. The van der Waals surface area contributed by atoms with Crippen molar-refractivity contribution in [2.75, 3.05) is 0 Å². The maximum atomic E-state index is 12.4. The largest absolute Gasteiger partial charge is 0.293 e. The molecule has 0 spiro atoms. The van der Waals surface area contributed by atoms with Crippen LogP contribution in [0.15, 0.2) is 48.5 Å². The van der Waals surface area contributed by atoms with E-state index in [1.165, 1.54) is 0 Å². The molecule has 3 rings (SSSR count). The van der Waals surface area contributed by atoms with E-state index in [4.69, 9.17) is 0 Å². The Morgan fingerprint density at radius 2 is 1.50 bits per heavy atom. The Morgan fingerprint density at radius 3 is 2.05 bits per heavy atom. The fourth-order valence-corrected chi connectivity index (χ4v) is 2.55. The van der Waals surface area contributed by atoms with Gasteiger partial charge >= 0.3 is 0 Å². The highest BCUT2D eigenvalue weighted by atomic mass is 16.2. The lowest BCUT2D eigenvalue weighted by molar-refractivity contribution is 0.0756. The summed E-state index contributed by atoms with van der Waals surface area (Å²) >= 11 is 0. The van der Waals surface area contributed by atoms with Crippen LogP contribution in [-0.4, -0.2) is 17.3 Å². The van der Waals surface area contributed by atoms with Gasteiger partial charge in [0.25, 0.3) is 0 Å². The summed E-state index contributed by atoms with van der Waals surface area (Å²) in [5.41, 5.74) is 2.03. The van der Waals surface area contributed by atoms with Gasteiger partial charge in [-0.3, -0.25) is 14.4 Å². The maximum absolute atomic E-state index is 12.4. The van der Waals surface area contributed by atoms with E-state index >= 15 is 0 Å². The third-order valence-corrected chi connectivity index (χ3v) is 3.55. The summed E-state index contributed by atoms with van der Waals surface area (Å²) in [6, 6.07) is 13.5. The summed E-state index contributed by atoms with van der Waals surface area (Å²) in [5, 5.41) is 0. The van der Waals surface area contributed by atoms with Crippen molar-refractivity contribution in [2.45, 2.75) is 6.92 Å². The number of carbonyl (C=O) groups is 3. The van der Waals surface area contributed by atoms with Gasteiger partial charge in [-0.15, -0.1) is 0 Å². The maximum Gasteiger partial charge on any atom is 0.182 e. The molecule has 0 heterocycles. The number of hydrogen-bond acceptors (Lipinski definition) is 3. The van der Waals surface area contributed by atoms with E-state index in [-0.39, 0.29) is 0 Å². The standard InChI is InChI=1S/C17H12O3/c1-10-5-4-6-11(9-10)15(18)14-16(19)12-7-2-3-8-13(12)17(14)20/h2-9,14H,1H3. The molecule has 3 heteroatoms. The molecular weight excluding hydrogens is 252 g/mol. The molecule has 20 heavy (non-hydrogen) atoms. The highest BCUT2D eigenvalue weighted by molar-refractivity contribution is 6.37. The van der Waals surface area contributed by atoms with Crippen LogP contribution in [0.3, 0.4) is 0 Å². The molecule has 0 aromatic heterocycles. The first-order valence-electron chi connectivity index (χ1n) is 6.38. The second-order valence-electron chi connectivity index (χ2n) is 4.94. The van der Waals surface area contributed by atoms with Gasteiger partial charge in [0.15, 0.2) is 17.3 Å². The second kappa shape index (κ2) is 4.53. The van der Waals surface area contributed by atoms with Crippen molar-refractivity contribution in [3.05, 3.63) is 70.8 Å². The zero-order chi connectivity index (χ0) is 14.3. The van der Waals surface area contributed by atoms with Gasteiger partial charge in [-0.25, -0.2) is 0 Å². The molecule has 0 N–H and O–H groups in total. The molecule has 0 saturated carbocycles. The van der Waals surface area contributed by atoms with E-state index in [9.17, 15) is 14.4 Å². The molecular formula is C17H12O3. The highest BCUT2D eigenvalue weighted by Gasteiger charge is 2.43. The first kappa shape index (κ1) is 12.5. The zero-order valence-corrected chi connectivity index (χ0v) is 10.9. The lowest BCUT2D eigenvalue weighted by Crippen LogP contribution is -2.25. The average molecular weight is 264 g/mol. The molecule has 0 aliphatic heterocycles. The van der Waals surface area contributed by atoms with Crippen molar-refractivity contribution in [3.63, 3.8) is 0 Å². The van der Waals surface area contributed by atoms with E-state index in [0.29, 0.717) is 16.7 Å². The SMILES string of the molecule is Cc1cccc(C(=O)C2C(=O)c3ccccc3C2=O)c1. The number of Topliss-reactive ketones (excluding diaryl/α,β-unsaturated/α-hetero) is 3. The predicted molar refractivity (Wildman–Crippen MR) is 74.1 cm³/mol. The van der Waals surface area contributed by atoms with Gasteiger partial charge in [0.2, 0.25) is 0 Å². The normalized spacial score (nSPS) is 14.4. The summed E-state index contributed by atoms with van der Waals surface area (Å²) < 4.78 is 0. The predicted octanol–water partition coefficient (Wildman–Crippen LogP) is 2.87. The third kappa shape index (κ3) is 1.79. The van der Waals surface area contributed by atoms with Gasteiger partial charge in [-0.2, -0.15) is 0 Å². The van der Waals surface area contributed by atoms with Crippen molar-refractivity contribution < 1.29 is 14.4 Å². The summed E-state index contributed by atoms with van der Waals surface area (Å²) in [6.45, 7) is 1.86. The molecule has 98 valence electrons. The third-order valence-electron chi connectivity index (χ3n) is 3.55. The van der Waals surface area contributed by atoms with Crippen LogP contribution in [0.5, 0.6) is 0 Å². The molecule has 2 aromatic rings. The Morgan fingerprint density at radius 1 is 0.900 bits per heavy atom. The van der Waals surface area contributed by atoms with Crippen LogP contribution in [0.2, 0.25) is 0 Å². The van der Waals surface area contributed by atoms with E-state index in [1.54, 1.807) is 42.5 Å². The van der Waals surface area contributed by atoms with E-state index in [1.807, 2.05) is 13.0 Å². The smallest absolute Gasteiger partial charge is 0.182 e. The lowest BCUT2D eigenvalue weighted by atomic mass is 9.92. The number of aryl methyl sites for hydroxylation is 1. The van der Waals surface area contributed by atoms with Crippen molar-refractivity contribution in [1.82, 2.24) is 0 Å². The fourth-order valence-electron chi connectivity index (χ4n) is 2.55. The minimum Gasteiger partial charge on any atom is -0.293 e. The lowest BCUT2D eigenvalue weighted by Gasteiger charge is -2.06. The molecule has 0 radical (unpaired) electrons. The number of carbonyl (C=O) groups excluding carboxylic acids is 3. The molecule has 0 unspecified atom stereocenters. The first-order valence-corrected chi connectivity index (χ1v) is 6.38. The second-order valence-corrected chi connectivity index (χ2v) is 4.94. The van der Waals surface area contributed by atoms with Crippen LogP contribution in [0.4, 0.5) is 0 Å². The minimum atomic E-state index is -1.21. The molecule has 3 nitrogen and oxygen atoms in total. The molecule has 0 bridgehead atoms. The summed E-state index contributed by atoms with van der Waals surface area (Å²) in [6.07, 6.45) is 0. The minimum absolute atomic E-state index is 0.350. The van der Waals surface area contributed by atoms with Crippen molar-refractivity contribution in [1.29, 1.82) is 0 Å². The van der Waals surface area contributed by atoms with Crippen LogP contribution in [0.25, 0.3) is 0 Å². The molecule has 0 fully saturated rings. The molecule has 1 aliphatic carbocycles. The van der Waals surface area contributed by atoms with Crippen molar-refractivity contribution >= 4 is 17.3 Å². The fraction of sp³-hybridized carbons (Fsp3) is 0.118. The van der Waals surface area contributed by atoms with Crippen LogP contribution in [-0.2, 0) is 0 Å². The van der Waals surface area contributed by atoms with Gasteiger partial charge in [0, 0.05) is 16.7 Å². The molecule has 1 aliphatic rings. The van der Waals surface area contributed by atoms with Crippen molar-refractivity contribution in [2.24, 2.45) is 5.92 Å². The number of rotatable bonds is 2. The number of hydrogen-bond donors (Lipinski definition) is 0. The Labute approximate surface area is 116 Å². The Hall–Kier alpha value is -2.55. The average Bonchev–Trinajstić information content (AvgIpc) is 2.71. The topological polar surface area (TPSA) is 51.2 Å². The van der Waals surface area contributed by atoms with Gasteiger partial charge in [-0.05, 0) is 13.0 Å². The van der Waals surface area contributed by atoms with Crippen molar-refractivity contribution in [3.8, 4) is 0 Å². The first-order chi connectivity index (χ1) is 9.59. The van der Waals surface area contributed by atoms with Crippen LogP contribution in [0.1, 0.15) is 36.6 Å². The van der Waals surface area contributed by atoms with Gasteiger partial charge in [-0.1, -0.05) is 48.0 Å². The van der Waals surface area contributed by atoms with E-state index < -0.39 is 23.3 Å². The van der Waals surface area contributed by atoms with Crippen LogP contribution in [0, 0.1) is 12.8 Å². The highest BCUT2D eigenvalue weighted by Crippen LogP contribution is 2.29. The Balaban J connectivity index is 2.03. The molecule has 0 amide bonds. The van der Waals surface area contributed by atoms with Crippen LogP contribution < -0.4 is 0 Å². The zero-order valence-electron chi connectivity index (χ0n) is 10.9. The van der Waals surface area contributed by atoms with Crippen LogP contribution >= 0.6 is 0 Å². The monoisotopic (exact) mass is 264 g/mol. The van der Waals surface area contributed by atoms with Gasteiger partial charge in [0.1, 0.15) is 5.92 Å². The number of benzene rings is 2. The Kier molecular flexibility index (Phi) is 2.83. The molecule has 0 saturated heterocycles. The van der Waals surface area contributed by atoms with E-state index in [0.717, 1.165) is 5.56 Å². The summed E-state index contributed by atoms with van der Waals surface area (Å²) in [4.78, 5) is 37.0. The Bertz CT molecular complexity index is 708. The number of fused-ring (bicyclic) bond motifs is 1. The summed E-state index contributed by atoms with van der Waals surface area (Å²) in [7, 11) is 0. The van der Waals surface area contributed by atoms with E-state index in [2.05, 4.69) is 0 Å².